The lowest BCUT2D eigenvalue weighted by atomic mass is 9.80. The lowest BCUT2D eigenvalue weighted by Crippen LogP contribution is -2.15. The first-order valence-corrected chi connectivity index (χ1v) is 21.0. The smallest absolute Gasteiger partial charge is 0.143 e. The molecule has 0 atom stereocenters. The minimum Gasteiger partial charge on any atom is -0.456 e. The van der Waals surface area contributed by atoms with Crippen LogP contribution in [-0.4, -0.2) is 4.57 Å². The largest absolute Gasteiger partial charge is 0.456 e. The number of hydrogen-bond acceptors (Lipinski definition) is 3. The minimum absolute atomic E-state index is 0.261. The van der Waals surface area contributed by atoms with Gasteiger partial charge in [-0.3, -0.25) is 0 Å². The maximum atomic E-state index is 6.57. The molecule has 61 heavy (non-hydrogen) atoms. The fourth-order valence-corrected chi connectivity index (χ4v) is 10.8. The predicted octanol–water partition coefficient (Wildman–Crippen LogP) is 16.1. The van der Waals surface area contributed by atoms with Crippen LogP contribution in [0, 0.1) is 0 Å². The molecule has 0 fully saturated rings. The molecular formula is C57H35NO3. The van der Waals surface area contributed by atoms with Crippen molar-refractivity contribution in [1.82, 2.24) is 4.57 Å². The summed E-state index contributed by atoms with van der Waals surface area (Å²) in [4.78, 5) is 0. The Morgan fingerprint density at radius 3 is 1.51 bits per heavy atom. The van der Waals surface area contributed by atoms with Gasteiger partial charge in [0.25, 0.3) is 0 Å². The molecule has 4 heteroatoms. The average Bonchev–Trinajstić information content (AvgIpc) is 4.10. The van der Waals surface area contributed by atoms with Gasteiger partial charge in [0.05, 0.1) is 11.0 Å². The molecule has 4 heterocycles. The second-order valence-corrected chi connectivity index (χ2v) is 17.2. The molecule has 0 saturated carbocycles. The van der Waals surface area contributed by atoms with E-state index in [0.717, 1.165) is 94.0 Å². The lowest BCUT2D eigenvalue weighted by molar-refractivity contribution is 0.656. The fourth-order valence-electron chi connectivity index (χ4n) is 10.8. The number of aromatic nitrogens is 1. The summed E-state index contributed by atoms with van der Waals surface area (Å²) >= 11 is 0. The van der Waals surface area contributed by atoms with Crippen LogP contribution in [0.1, 0.15) is 25.0 Å². The van der Waals surface area contributed by atoms with Crippen molar-refractivity contribution in [1.29, 1.82) is 0 Å². The SMILES string of the molecule is CC1(C)c2cc(-n3c4ccc(-c5cccc6c5oc5ccccc56)cc4c4cc(-c5cccc6c5oc5ccccc56)ccc43)ccc2-c2ccc3oc4ccccc4c3c21. The van der Waals surface area contributed by atoms with Crippen molar-refractivity contribution in [2.45, 2.75) is 19.3 Å². The summed E-state index contributed by atoms with van der Waals surface area (Å²) in [5.41, 5.74) is 18.2. The van der Waals surface area contributed by atoms with Crippen molar-refractivity contribution in [3.63, 3.8) is 0 Å². The molecule has 0 spiro atoms. The van der Waals surface area contributed by atoms with Gasteiger partial charge in [0.1, 0.15) is 33.5 Å². The van der Waals surface area contributed by atoms with Gasteiger partial charge in [-0.15, -0.1) is 0 Å². The first-order valence-electron chi connectivity index (χ1n) is 21.0. The van der Waals surface area contributed by atoms with Crippen molar-refractivity contribution in [3.8, 4) is 39.1 Å². The number of hydrogen-bond donors (Lipinski definition) is 0. The topological polar surface area (TPSA) is 44.4 Å². The van der Waals surface area contributed by atoms with Gasteiger partial charge in [-0.05, 0) is 94.0 Å². The van der Waals surface area contributed by atoms with Gasteiger partial charge in [-0.2, -0.15) is 0 Å². The van der Waals surface area contributed by atoms with E-state index in [9.17, 15) is 0 Å². The summed E-state index contributed by atoms with van der Waals surface area (Å²) in [6.45, 7) is 4.73. The van der Waals surface area contributed by atoms with Gasteiger partial charge in [0.2, 0.25) is 0 Å². The molecule has 1 aliphatic carbocycles. The highest BCUT2D eigenvalue weighted by atomic mass is 16.3. The van der Waals surface area contributed by atoms with Crippen LogP contribution in [0.3, 0.4) is 0 Å². The third-order valence-electron chi connectivity index (χ3n) is 13.6. The molecule has 14 rings (SSSR count). The Morgan fingerprint density at radius 2 is 0.902 bits per heavy atom. The molecule has 4 aromatic heterocycles. The molecular weight excluding hydrogens is 747 g/mol. The van der Waals surface area contributed by atoms with E-state index in [1.165, 1.54) is 43.8 Å². The van der Waals surface area contributed by atoms with Crippen LogP contribution in [0.5, 0.6) is 0 Å². The van der Waals surface area contributed by atoms with Crippen LogP contribution >= 0.6 is 0 Å². The number of fused-ring (bicyclic) bond motifs is 16. The highest BCUT2D eigenvalue weighted by Crippen LogP contribution is 2.54. The summed E-state index contributed by atoms with van der Waals surface area (Å²) < 4.78 is 22.0. The van der Waals surface area contributed by atoms with E-state index in [1.54, 1.807) is 0 Å². The second kappa shape index (κ2) is 11.7. The van der Waals surface area contributed by atoms with Crippen molar-refractivity contribution in [3.05, 3.63) is 187 Å². The summed E-state index contributed by atoms with van der Waals surface area (Å²) in [7, 11) is 0. The second-order valence-electron chi connectivity index (χ2n) is 17.2. The maximum absolute atomic E-state index is 6.57. The van der Waals surface area contributed by atoms with Gasteiger partial charge in [0, 0.05) is 65.3 Å². The summed E-state index contributed by atoms with van der Waals surface area (Å²) in [6.07, 6.45) is 0. The molecule has 0 N–H and O–H groups in total. The quantitative estimate of drug-likeness (QED) is 0.179. The number of furan rings is 3. The first-order chi connectivity index (χ1) is 30.0. The number of para-hydroxylation sites is 5. The van der Waals surface area contributed by atoms with Crippen LogP contribution in [0.2, 0.25) is 0 Å². The van der Waals surface area contributed by atoms with Crippen molar-refractivity contribution >= 4 is 87.6 Å². The standard InChI is InChI=1S/C57H35NO3/c1-57(2)46-31-34(23-24-37(46)40-25-28-52-53(54(40)57)43-13-5-8-20-51(43)59-52)58-47-26-21-32(35-14-9-16-41-38-11-3-6-18-49(38)60-55(35)41)29-44(47)45-30-33(22-27-48(45)58)36-15-10-17-42-39-12-4-7-19-50(39)61-56(36)42/h3-31H,1-2H3. The molecule has 1 aliphatic rings. The van der Waals surface area contributed by atoms with Gasteiger partial charge >= 0.3 is 0 Å². The van der Waals surface area contributed by atoms with Crippen LogP contribution in [-0.2, 0) is 5.41 Å². The third-order valence-corrected chi connectivity index (χ3v) is 13.6. The maximum Gasteiger partial charge on any atom is 0.143 e. The van der Waals surface area contributed by atoms with Gasteiger partial charge in [0.15, 0.2) is 0 Å². The Hall–Kier alpha value is -7.82. The first kappa shape index (κ1) is 33.1. The molecule has 0 radical (unpaired) electrons. The van der Waals surface area contributed by atoms with E-state index in [1.807, 2.05) is 18.2 Å². The van der Waals surface area contributed by atoms with E-state index in [-0.39, 0.29) is 5.41 Å². The molecule has 4 nitrogen and oxygen atoms in total. The number of benzene rings is 9. The van der Waals surface area contributed by atoms with E-state index in [0.29, 0.717) is 0 Å². The molecule has 286 valence electrons. The molecule has 9 aromatic carbocycles. The monoisotopic (exact) mass is 781 g/mol. The zero-order chi connectivity index (χ0) is 40.1. The Balaban J connectivity index is 1.01. The summed E-state index contributed by atoms with van der Waals surface area (Å²) in [6, 6.07) is 63.3. The number of nitrogens with zero attached hydrogens (tertiary/aromatic N) is 1. The normalized spacial score (nSPS) is 13.5. The average molecular weight is 782 g/mol. The molecule has 13 aromatic rings. The van der Waals surface area contributed by atoms with E-state index in [4.69, 9.17) is 13.3 Å². The highest BCUT2D eigenvalue weighted by Gasteiger charge is 2.38. The van der Waals surface area contributed by atoms with E-state index < -0.39 is 0 Å². The molecule has 0 amide bonds. The summed E-state index contributed by atoms with van der Waals surface area (Å²) in [5, 5.41) is 9.24. The van der Waals surface area contributed by atoms with Gasteiger partial charge in [-0.1, -0.05) is 129 Å². The van der Waals surface area contributed by atoms with E-state index in [2.05, 4.69) is 176 Å². The van der Waals surface area contributed by atoms with Crippen molar-refractivity contribution in [2.75, 3.05) is 0 Å². The van der Waals surface area contributed by atoms with E-state index >= 15 is 0 Å². The van der Waals surface area contributed by atoms with Gasteiger partial charge in [-0.25, -0.2) is 0 Å². The molecule has 0 bridgehead atoms. The Labute approximate surface area is 349 Å². The Kier molecular flexibility index (Phi) is 6.33. The highest BCUT2D eigenvalue weighted by molar-refractivity contribution is 6.16. The fraction of sp³-hybridized carbons (Fsp3) is 0.0526. The molecule has 0 aliphatic heterocycles. The van der Waals surface area contributed by atoms with Crippen LogP contribution in [0.15, 0.2) is 189 Å². The van der Waals surface area contributed by atoms with Crippen LogP contribution < -0.4 is 0 Å². The number of rotatable bonds is 3. The van der Waals surface area contributed by atoms with Crippen molar-refractivity contribution in [2.24, 2.45) is 0 Å². The van der Waals surface area contributed by atoms with Gasteiger partial charge < -0.3 is 17.8 Å². The van der Waals surface area contributed by atoms with Crippen LogP contribution in [0.25, 0.3) is 127 Å². The lowest BCUT2D eigenvalue weighted by Gasteiger charge is -2.23. The Bertz CT molecular complexity index is 3860. The van der Waals surface area contributed by atoms with Crippen molar-refractivity contribution < 1.29 is 13.3 Å². The molecule has 0 unspecified atom stereocenters. The van der Waals surface area contributed by atoms with Crippen LogP contribution in [0.4, 0.5) is 0 Å². The zero-order valence-electron chi connectivity index (χ0n) is 33.4. The minimum atomic E-state index is -0.261. The molecule has 0 saturated heterocycles. The zero-order valence-corrected chi connectivity index (χ0v) is 33.4. The third kappa shape index (κ3) is 4.38. The predicted molar refractivity (Wildman–Crippen MR) is 251 cm³/mol. The summed E-state index contributed by atoms with van der Waals surface area (Å²) in [5.74, 6) is 0. The Morgan fingerprint density at radius 1 is 0.377 bits per heavy atom.